The Kier molecular flexibility index (Phi) is 15.2. The number of aliphatic hydroxyl groups is 2. The largest absolute Gasteiger partial charge is 0.597 e. The Morgan fingerprint density at radius 3 is 1.81 bits per heavy atom. The Morgan fingerprint density at radius 1 is 0.857 bits per heavy atom. The highest BCUT2D eigenvalue weighted by molar-refractivity contribution is 5.68. The predicted molar refractivity (Wildman–Crippen MR) is 83.7 cm³/mol. The van der Waals surface area contributed by atoms with Gasteiger partial charge >= 0.3 is 5.97 Å². The summed E-state index contributed by atoms with van der Waals surface area (Å²) >= 11 is 0. The quantitative estimate of drug-likeness (QED) is 0.276. The fourth-order valence-electron chi connectivity index (χ4n) is 2.20. The SMILES string of the molecule is CCCCCCCCCCCC(=[O+])ON(CCO)CCO. The molecule has 0 aliphatic heterocycles. The van der Waals surface area contributed by atoms with Crippen LogP contribution in [0.5, 0.6) is 0 Å². The molecule has 125 valence electrons. The molecule has 0 saturated carbocycles. The third-order valence-electron chi connectivity index (χ3n) is 3.41. The van der Waals surface area contributed by atoms with E-state index in [2.05, 4.69) is 6.92 Å². The molecule has 0 aliphatic carbocycles. The lowest BCUT2D eigenvalue weighted by atomic mass is 10.1. The van der Waals surface area contributed by atoms with Crippen molar-refractivity contribution >= 4 is 5.97 Å². The summed E-state index contributed by atoms with van der Waals surface area (Å²) in [5.74, 6) is -0.278. The summed E-state index contributed by atoms with van der Waals surface area (Å²) in [5.41, 5.74) is 0. The van der Waals surface area contributed by atoms with Gasteiger partial charge in [-0.2, -0.15) is 4.84 Å². The van der Waals surface area contributed by atoms with Crippen LogP contribution in [0.4, 0.5) is 0 Å². The number of carbonyl (C=O) groups excluding carboxylic acids is 1. The lowest BCUT2D eigenvalue weighted by Crippen LogP contribution is -2.32. The van der Waals surface area contributed by atoms with Gasteiger partial charge in [-0.1, -0.05) is 58.3 Å². The van der Waals surface area contributed by atoms with Gasteiger partial charge in [0, 0.05) is 0 Å². The van der Waals surface area contributed by atoms with Gasteiger partial charge in [0.2, 0.25) is 0 Å². The van der Waals surface area contributed by atoms with Crippen LogP contribution in [0.2, 0.25) is 0 Å². The van der Waals surface area contributed by atoms with Crippen molar-refractivity contribution in [2.75, 3.05) is 26.3 Å². The normalized spacial score (nSPS) is 11.0. The van der Waals surface area contributed by atoms with Crippen LogP contribution >= 0.6 is 0 Å². The van der Waals surface area contributed by atoms with E-state index in [1.807, 2.05) is 0 Å². The Balaban J connectivity index is 3.43. The van der Waals surface area contributed by atoms with Crippen LogP contribution < -0.4 is 0 Å². The molecule has 0 atom stereocenters. The highest BCUT2D eigenvalue weighted by Gasteiger charge is 2.22. The van der Waals surface area contributed by atoms with E-state index < -0.39 is 0 Å². The number of unbranched alkanes of at least 4 members (excludes halogenated alkanes) is 8. The van der Waals surface area contributed by atoms with E-state index in [0.29, 0.717) is 6.42 Å². The molecule has 0 fully saturated rings. The molecule has 5 nitrogen and oxygen atoms in total. The lowest BCUT2D eigenvalue weighted by molar-refractivity contribution is -0.194. The first-order valence-electron chi connectivity index (χ1n) is 8.42. The second kappa shape index (κ2) is 15.7. The van der Waals surface area contributed by atoms with Crippen LogP contribution in [0, 0.1) is 0 Å². The first-order chi connectivity index (χ1) is 10.2. The molecule has 0 heterocycles. The number of carbonyl (C=O) groups is 1. The molecule has 0 spiro atoms. The summed E-state index contributed by atoms with van der Waals surface area (Å²) < 4.78 is 0. The summed E-state index contributed by atoms with van der Waals surface area (Å²) in [6.45, 7) is 2.52. The van der Waals surface area contributed by atoms with E-state index in [-0.39, 0.29) is 32.3 Å². The molecular weight excluding hydrogens is 270 g/mol. The summed E-state index contributed by atoms with van der Waals surface area (Å²) in [4.78, 5) is 16.7. The summed E-state index contributed by atoms with van der Waals surface area (Å²) in [5, 5.41) is 18.9. The van der Waals surface area contributed by atoms with Gasteiger partial charge in [-0.25, -0.2) is 0 Å². The van der Waals surface area contributed by atoms with Crippen LogP contribution in [-0.2, 0) is 9.63 Å². The molecule has 2 N–H and O–H groups in total. The summed E-state index contributed by atoms with van der Waals surface area (Å²) in [6.07, 6.45) is 11.3. The average Bonchev–Trinajstić information content (AvgIpc) is 2.46. The molecule has 0 aromatic heterocycles. The van der Waals surface area contributed by atoms with Crippen molar-refractivity contribution in [1.82, 2.24) is 5.06 Å². The monoisotopic (exact) mass is 303 g/mol. The van der Waals surface area contributed by atoms with Crippen molar-refractivity contribution in [3.63, 3.8) is 0 Å². The van der Waals surface area contributed by atoms with Crippen molar-refractivity contribution in [3.05, 3.63) is 0 Å². The minimum atomic E-state index is -0.278. The van der Waals surface area contributed by atoms with E-state index in [1.165, 1.54) is 50.0 Å². The van der Waals surface area contributed by atoms with E-state index in [4.69, 9.17) is 15.1 Å². The van der Waals surface area contributed by atoms with Gasteiger partial charge < -0.3 is 10.2 Å². The van der Waals surface area contributed by atoms with Crippen molar-refractivity contribution in [3.8, 4) is 0 Å². The van der Waals surface area contributed by atoms with Gasteiger partial charge in [0.15, 0.2) is 0 Å². The number of hydrogen-bond donors (Lipinski definition) is 2. The Morgan fingerprint density at radius 2 is 1.33 bits per heavy atom. The fraction of sp³-hybridized carbons (Fsp3) is 0.938. The molecule has 5 heteroatoms. The summed E-state index contributed by atoms with van der Waals surface area (Å²) in [6, 6.07) is 0. The van der Waals surface area contributed by atoms with Crippen molar-refractivity contribution in [2.24, 2.45) is 0 Å². The summed E-state index contributed by atoms with van der Waals surface area (Å²) in [7, 11) is 0. The van der Waals surface area contributed by atoms with Crippen molar-refractivity contribution in [1.29, 1.82) is 0 Å². The van der Waals surface area contributed by atoms with Crippen LogP contribution in [0.3, 0.4) is 0 Å². The molecule has 0 unspecified atom stereocenters. The molecule has 0 aliphatic rings. The topological polar surface area (TPSA) is 72.8 Å². The first kappa shape index (κ1) is 20.3. The molecule has 0 aromatic rings. The van der Waals surface area contributed by atoms with Gasteiger partial charge in [-0.15, -0.1) is 0 Å². The minimum absolute atomic E-state index is 0.0920. The maximum Gasteiger partial charge on any atom is 0.597 e. The molecule has 1 radical (unpaired) electrons. The van der Waals surface area contributed by atoms with E-state index in [1.54, 1.807) is 0 Å². The van der Waals surface area contributed by atoms with Crippen LogP contribution in [0.15, 0.2) is 0 Å². The number of rotatable bonds is 15. The molecule has 0 rings (SSSR count). The third kappa shape index (κ3) is 14.1. The number of nitrogens with zero attached hydrogens (tertiary/aromatic N) is 1. The highest BCUT2D eigenvalue weighted by Crippen LogP contribution is 2.11. The fourth-order valence-corrected chi connectivity index (χ4v) is 2.20. The Labute approximate surface area is 129 Å². The van der Waals surface area contributed by atoms with Gasteiger partial charge in [0.1, 0.15) is 6.42 Å². The third-order valence-corrected chi connectivity index (χ3v) is 3.41. The maximum atomic E-state index is 11.6. The smallest absolute Gasteiger partial charge is 0.395 e. The van der Waals surface area contributed by atoms with Crippen LogP contribution in [-0.4, -0.2) is 47.5 Å². The molecule has 0 saturated heterocycles. The van der Waals surface area contributed by atoms with Gasteiger partial charge in [0.25, 0.3) is 0 Å². The maximum absolute atomic E-state index is 11.6. The van der Waals surface area contributed by atoms with Crippen LogP contribution in [0.25, 0.3) is 0 Å². The number of hydrogen-bond acceptors (Lipinski definition) is 5. The molecule has 0 aromatic carbocycles. The van der Waals surface area contributed by atoms with Crippen LogP contribution in [0.1, 0.15) is 71.1 Å². The first-order valence-corrected chi connectivity index (χ1v) is 8.42. The Hall–Kier alpha value is -0.650. The van der Waals surface area contributed by atoms with Gasteiger partial charge in [-0.3, -0.25) is 0 Å². The van der Waals surface area contributed by atoms with Crippen molar-refractivity contribution in [2.45, 2.75) is 71.1 Å². The zero-order chi connectivity index (χ0) is 15.8. The molecular formula is C16H33NO4+. The zero-order valence-electron chi connectivity index (χ0n) is 13.6. The van der Waals surface area contributed by atoms with Gasteiger partial charge in [0.05, 0.1) is 31.1 Å². The number of aliphatic hydroxyl groups excluding tert-OH is 2. The highest BCUT2D eigenvalue weighted by atomic mass is 16.7. The second-order valence-corrected chi connectivity index (χ2v) is 5.42. The van der Waals surface area contributed by atoms with E-state index in [9.17, 15) is 4.79 Å². The lowest BCUT2D eigenvalue weighted by Gasteiger charge is -2.09. The zero-order valence-corrected chi connectivity index (χ0v) is 13.6. The van der Waals surface area contributed by atoms with Crippen molar-refractivity contribution < 1.29 is 19.8 Å². The molecule has 0 amide bonds. The second-order valence-electron chi connectivity index (χ2n) is 5.42. The predicted octanol–water partition coefficient (Wildman–Crippen LogP) is 2.65. The molecule has 0 bridgehead atoms. The minimum Gasteiger partial charge on any atom is -0.395 e. The number of hydroxylamine groups is 2. The van der Waals surface area contributed by atoms with Gasteiger partial charge in [-0.05, 0) is 11.5 Å². The average molecular weight is 303 g/mol. The molecule has 21 heavy (non-hydrogen) atoms. The Bertz CT molecular complexity index is 230. The van der Waals surface area contributed by atoms with E-state index in [0.717, 1.165) is 12.8 Å². The standard InChI is InChI=1S/C16H33NO4/c1-2-3-4-5-6-7-8-9-10-11-16(20)21-17(12-14-18)13-15-19/h18-19H,2-15H2,1H3/q+1. The van der Waals surface area contributed by atoms with E-state index >= 15 is 0 Å².